The van der Waals surface area contributed by atoms with E-state index in [4.69, 9.17) is 41.9 Å². The van der Waals surface area contributed by atoms with Gasteiger partial charge in [0.1, 0.15) is 0 Å². The molecule has 0 unspecified atom stereocenters. The molecule has 0 amide bonds. The molecule has 14 heteroatoms. The quantitative estimate of drug-likeness (QED) is 0.0869. The topological polar surface area (TPSA) is 83.1 Å². The molecule has 9 nitrogen and oxygen atoms in total. The van der Waals surface area contributed by atoms with Crippen LogP contribution in [0.25, 0.3) is 0 Å². The first-order chi connectivity index (χ1) is 15.6. The minimum absolute atomic E-state index is 0.158. The van der Waals surface area contributed by atoms with Gasteiger partial charge in [-0.3, -0.25) is 0 Å². The number of alkyl halides is 2. The lowest BCUT2D eigenvalue weighted by Gasteiger charge is -2.34. The molecular formula is C19H39B3I2O9. The second kappa shape index (κ2) is 17.7. The summed E-state index contributed by atoms with van der Waals surface area (Å²) in [6.45, 7) is 14.7. The summed E-state index contributed by atoms with van der Waals surface area (Å²) >= 11 is 4.60. The average Bonchev–Trinajstić information content (AvgIpc) is 2.70. The monoisotopic (exact) mass is 698 g/mol. The van der Waals surface area contributed by atoms with E-state index in [0.29, 0.717) is 46.1 Å². The second-order valence-corrected chi connectivity index (χ2v) is 11.1. The summed E-state index contributed by atoms with van der Waals surface area (Å²) in [5.41, 5.74) is -0.763. The fraction of sp³-hybridized carbons (Fsp3) is 1.00. The molecule has 1 aliphatic rings. The summed E-state index contributed by atoms with van der Waals surface area (Å²) in [6, 6.07) is 0. The lowest BCUT2D eigenvalue weighted by Crippen LogP contribution is -2.55. The third kappa shape index (κ3) is 16.6. The van der Waals surface area contributed by atoms with Crippen molar-refractivity contribution in [2.45, 2.75) is 71.7 Å². The van der Waals surface area contributed by atoms with E-state index in [0.717, 1.165) is 15.3 Å². The maximum Gasteiger partial charge on any atom is 0.615 e. The highest BCUT2D eigenvalue weighted by molar-refractivity contribution is 14.1. The summed E-state index contributed by atoms with van der Waals surface area (Å²) in [4.78, 5) is 0. The van der Waals surface area contributed by atoms with Gasteiger partial charge >= 0.3 is 22.0 Å². The summed E-state index contributed by atoms with van der Waals surface area (Å²) in [5, 5.41) is 0. The molecular weight excluding hydrogens is 658 g/mol. The van der Waals surface area contributed by atoms with Crippen molar-refractivity contribution in [3.63, 3.8) is 0 Å². The van der Waals surface area contributed by atoms with Crippen LogP contribution in [0.5, 0.6) is 0 Å². The van der Waals surface area contributed by atoms with E-state index in [1.165, 1.54) is 0 Å². The Morgan fingerprint density at radius 1 is 0.697 bits per heavy atom. The molecule has 192 valence electrons. The van der Waals surface area contributed by atoms with Crippen LogP contribution >= 0.6 is 45.2 Å². The largest absolute Gasteiger partial charge is 0.615 e. The van der Waals surface area contributed by atoms with Gasteiger partial charge in [-0.15, -0.1) is 0 Å². The van der Waals surface area contributed by atoms with Crippen molar-refractivity contribution in [3.8, 4) is 0 Å². The van der Waals surface area contributed by atoms with E-state index in [1.54, 1.807) is 0 Å². The summed E-state index contributed by atoms with van der Waals surface area (Å²) in [7, 11) is -3.03. The van der Waals surface area contributed by atoms with Crippen LogP contribution in [-0.4, -0.2) is 87.8 Å². The molecule has 0 spiro atoms. The average molecular weight is 698 g/mol. The highest BCUT2D eigenvalue weighted by atomic mass is 127. The number of rotatable bonds is 19. The minimum Gasteiger partial charge on any atom is -0.400 e. The van der Waals surface area contributed by atoms with Gasteiger partial charge in [-0.25, -0.2) is 0 Å². The Morgan fingerprint density at radius 2 is 1.30 bits per heavy atom. The zero-order chi connectivity index (χ0) is 24.7. The second-order valence-electron chi connectivity index (χ2n) is 8.91. The molecule has 0 aliphatic carbocycles. The van der Waals surface area contributed by atoms with E-state index < -0.39 is 27.6 Å². The van der Waals surface area contributed by atoms with Crippen molar-refractivity contribution in [1.82, 2.24) is 0 Å². The molecule has 0 saturated carbocycles. The molecule has 33 heavy (non-hydrogen) atoms. The molecule has 1 rings (SSSR count). The first-order valence-electron chi connectivity index (χ1n) is 11.4. The van der Waals surface area contributed by atoms with Crippen molar-refractivity contribution >= 4 is 67.1 Å². The van der Waals surface area contributed by atoms with Gasteiger partial charge in [-0.1, -0.05) is 45.2 Å². The molecule has 0 atom stereocenters. The zero-order valence-corrected chi connectivity index (χ0v) is 25.1. The molecule has 0 aromatic heterocycles. The molecule has 1 fully saturated rings. The van der Waals surface area contributed by atoms with Crippen LogP contribution in [0, 0.1) is 0 Å². The van der Waals surface area contributed by atoms with Gasteiger partial charge < -0.3 is 41.9 Å². The summed E-state index contributed by atoms with van der Waals surface area (Å²) in [5.74, 6) is 0. The maximum atomic E-state index is 6.03. The fourth-order valence-corrected chi connectivity index (χ4v) is 4.17. The molecule has 1 saturated heterocycles. The molecule has 0 bridgehead atoms. The Kier molecular flexibility index (Phi) is 17.3. The van der Waals surface area contributed by atoms with E-state index in [9.17, 15) is 0 Å². The minimum atomic E-state index is -1.02. The first kappa shape index (κ1) is 32.3. The van der Waals surface area contributed by atoms with Gasteiger partial charge in [0, 0.05) is 15.5 Å². The molecule has 1 heterocycles. The van der Waals surface area contributed by atoms with Gasteiger partial charge in [0.15, 0.2) is 0 Å². The van der Waals surface area contributed by atoms with Crippen molar-refractivity contribution in [3.05, 3.63) is 0 Å². The van der Waals surface area contributed by atoms with Gasteiger partial charge in [0.05, 0.1) is 50.3 Å². The van der Waals surface area contributed by atoms with E-state index >= 15 is 0 Å². The van der Waals surface area contributed by atoms with Gasteiger partial charge in [-0.2, -0.15) is 0 Å². The predicted molar refractivity (Wildman–Crippen MR) is 147 cm³/mol. The van der Waals surface area contributed by atoms with Crippen LogP contribution in [0.4, 0.5) is 0 Å². The lowest BCUT2D eigenvalue weighted by atomic mass is 9.94. The Bertz CT molecular complexity index is 507. The van der Waals surface area contributed by atoms with Crippen LogP contribution < -0.4 is 0 Å². The van der Waals surface area contributed by atoms with Crippen molar-refractivity contribution in [1.29, 1.82) is 0 Å². The standard InChI is InChI=1S/C19H39B3I2O9/c1-17(2)26-11-8-19(5,6)30-22-32-20(28-15-13-25-12-10-24)31-21(33-22)29-16-14-27-18(3,4)7-9-23/h17H,7-16H2,1-6H3. The van der Waals surface area contributed by atoms with Crippen LogP contribution in [0.3, 0.4) is 0 Å². The Balaban J connectivity index is 2.56. The van der Waals surface area contributed by atoms with Crippen LogP contribution in [0.15, 0.2) is 0 Å². The van der Waals surface area contributed by atoms with Crippen molar-refractivity contribution < 1.29 is 41.9 Å². The van der Waals surface area contributed by atoms with Crippen molar-refractivity contribution in [2.24, 2.45) is 0 Å². The number of halogens is 2. The normalized spacial score (nSPS) is 15.7. The van der Waals surface area contributed by atoms with Gasteiger partial charge in [0.25, 0.3) is 0 Å². The van der Waals surface area contributed by atoms with Crippen LogP contribution in [0.1, 0.15) is 54.4 Å². The lowest BCUT2D eigenvalue weighted by molar-refractivity contribution is -0.0423. The summed E-state index contributed by atoms with van der Waals surface area (Å²) < 4.78 is 53.3. The first-order valence-corrected chi connectivity index (χ1v) is 14.4. The Labute approximate surface area is 228 Å². The highest BCUT2D eigenvalue weighted by Gasteiger charge is 2.48. The van der Waals surface area contributed by atoms with Crippen LogP contribution in [0.2, 0.25) is 0 Å². The predicted octanol–water partition coefficient (Wildman–Crippen LogP) is 3.72. The zero-order valence-electron chi connectivity index (χ0n) is 20.8. The Hall–Kier alpha value is 1.29. The highest BCUT2D eigenvalue weighted by Crippen LogP contribution is 2.21. The van der Waals surface area contributed by atoms with Crippen LogP contribution in [-0.2, 0) is 41.9 Å². The van der Waals surface area contributed by atoms with Gasteiger partial charge in [0.2, 0.25) is 0 Å². The molecule has 0 N–H and O–H groups in total. The number of hydrogen-bond acceptors (Lipinski definition) is 9. The third-order valence-corrected chi connectivity index (χ3v) is 5.45. The number of ether oxygens (including phenoxy) is 3. The smallest absolute Gasteiger partial charge is 0.400 e. The SMILES string of the molecule is CC(C)OCCC(C)(C)OB1OB(OCCOCCI)OB(OCCOC(C)(C)CCI)O1. The third-order valence-electron chi connectivity index (χ3n) is 4.47. The fourth-order valence-electron chi connectivity index (χ4n) is 2.56. The van der Waals surface area contributed by atoms with E-state index in [-0.39, 0.29) is 11.7 Å². The van der Waals surface area contributed by atoms with E-state index in [2.05, 4.69) is 59.0 Å². The molecule has 1 aliphatic heterocycles. The number of hydrogen-bond donors (Lipinski definition) is 0. The molecule has 0 aromatic carbocycles. The Morgan fingerprint density at radius 3 is 1.88 bits per heavy atom. The van der Waals surface area contributed by atoms with Crippen molar-refractivity contribution in [2.75, 3.05) is 48.5 Å². The van der Waals surface area contributed by atoms with E-state index in [1.807, 2.05) is 27.7 Å². The molecule has 0 aromatic rings. The summed E-state index contributed by atoms with van der Waals surface area (Å²) in [6.07, 6.45) is 1.78. The van der Waals surface area contributed by atoms with Gasteiger partial charge in [-0.05, 0) is 54.4 Å². The maximum absolute atomic E-state index is 6.03. The molecule has 0 radical (unpaired) electrons.